The molecule has 1 saturated heterocycles. The average Bonchev–Trinajstić information content (AvgIpc) is 3.09. The Bertz CT molecular complexity index is 1230. The zero-order valence-corrected chi connectivity index (χ0v) is 18.2. The number of fused-ring (bicyclic) bond motifs is 1. The summed E-state index contributed by atoms with van der Waals surface area (Å²) in [7, 11) is 0. The standard InChI is InChI=1S/C27H22ClNO3/c28-21-14-12-18(13-15-21)24-23(26(31)27(32)29(24)22-8-2-1-3-9-22)25(30)20-11-10-17-6-4-5-7-19(17)16-20/h1-3,8-16,24,30H,4-7H2/b25-23-. The van der Waals surface area contributed by atoms with Gasteiger partial charge in [-0.2, -0.15) is 0 Å². The van der Waals surface area contributed by atoms with Gasteiger partial charge in [-0.1, -0.05) is 54.1 Å². The Balaban J connectivity index is 1.69. The second-order valence-corrected chi connectivity index (χ2v) is 8.68. The molecule has 0 radical (unpaired) electrons. The first-order valence-electron chi connectivity index (χ1n) is 10.8. The quantitative estimate of drug-likeness (QED) is 0.314. The number of halogens is 1. The van der Waals surface area contributed by atoms with E-state index in [1.165, 1.54) is 16.0 Å². The Hall–Kier alpha value is -3.37. The maximum atomic E-state index is 13.2. The molecule has 1 unspecified atom stereocenters. The molecule has 0 bridgehead atoms. The lowest BCUT2D eigenvalue weighted by Gasteiger charge is -2.25. The van der Waals surface area contributed by atoms with Gasteiger partial charge in [0.15, 0.2) is 0 Å². The molecule has 1 amide bonds. The molecule has 1 fully saturated rings. The topological polar surface area (TPSA) is 57.6 Å². The normalized spacial score (nSPS) is 19.8. The molecule has 0 aromatic heterocycles. The number of amides is 1. The number of hydrogen-bond acceptors (Lipinski definition) is 3. The number of benzene rings is 3. The number of anilines is 1. The zero-order chi connectivity index (χ0) is 22.2. The van der Waals surface area contributed by atoms with E-state index in [4.69, 9.17) is 11.6 Å². The highest BCUT2D eigenvalue weighted by atomic mass is 35.5. The van der Waals surface area contributed by atoms with Crippen LogP contribution in [0.25, 0.3) is 5.76 Å². The minimum absolute atomic E-state index is 0.0944. The van der Waals surface area contributed by atoms with Crippen LogP contribution in [-0.4, -0.2) is 16.8 Å². The van der Waals surface area contributed by atoms with Crippen LogP contribution in [0.5, 0.6) is 0 Å². The maximum absolute atomic E-state index is 13.2. The lowest BCUT2D eigenvalue weighted by Crippen LogP contribution is -2.29. The summed E-state index contributed by atoms with van der Waals surface area (Å²) < 4.78 is 0. The van der Waals surface area contributed by atoms with Crippen LogP contribution < -0.4 is 4.90 Å². The third-order valence-corrected chi connectivity index (χ3v) is 6.54. The van der Waals surface area contributed by atoms with Gasteiger partial charge in [-0.3, -0.25) is 14.5 Å². The Morgan fingerprint density at radius 1 is 0.875 bits per heavy atom. The molecule has 1 heterocycles. The maximum Gasteiger partial charge on any atom is 0.300 e. The van der Waals surface area contributed by atoms with Crippen molar-refractivity contribution in [1.82, 2.24) is 0 Å². The minimum atomic E-state index is -0.745. The van der Waals surface area contributed by atoms with Gasteiger partial charge in [0, 0.05) is 16.3 Å². The molecule has 1 atom stereocenters. The summed E-state index contributed by atoms with van der Waals surface area (Å²) in [6, 6.07) is 21.1. The first-order chi connectivity index (χ1) is 15.5. The van der Waals surface area contributed by atoms with E-state index in [0.29, 0.717) is 21.8 Å². The molecule has 1 aliphatic carbocycles. The number of rotatable bonds is 3. The van der Waals surface area contributed by atoms with Gasteiger partial charge < -0.3 is 5.11 Å². The predicted octanol–water partition coefficient (Wildman–Crippen LogP) is 5.85. The van der Waals surface area contributed by atoms with Gasteiger partial charge in [0.25, 0.3) is 11.7 Å². The fraction of sp³-hybridized carbons (Fsp3) is 0.185. The van der Waals surface area contributed by atoms with Crippen molar-refractivity contribution in [3.8, 4) is 0 Å². The molecule has 32 heavy (non-hydrogen) atoms. The fourth-order valence-electron chi connectivity index (χ4n) is 4.68. The minimum Gasteiger partial charge on any atom is -0.507 e. The number of nitrogens with zero attached hydrogens (tertiary/aromatic N) is 1. The number of aliphatic hydroxyl groups excluding tert-OH is 1. The van der Waals surface area contributed by atoms with Gasteiger partial charge in [-0.15, -0.1) is 0 Å². The molecular weight excluding hydrogens is 422 g/mol. The molecule has 1 aliphatic heterocycles. The summed E-state index contributed by atoms with van der Waals surface area (Å²) >= 11 is 6.08. The van der Waals surface area contributed by atoms with Crippen molar-refractivity contribution in [1.29, 1.82) is 0 Å². The lowest BCUT2D eigenvalue weighted by atomic mass is 9.88. The van der Waals surface area contributed by atoms with Crippen molar-refractivity contribution in [2.75, 3.05) is 4.90 Å². The number of carbonyl (C=O) groups excluding carboxylic acids is 2. The van der Waals surface area contributed by atoms with Gasteiger partial charge in [-0.25, -0.2) is 0 Å². The number of para-hydroxylation sites is 1. The monoisotopic (exact) mass is 443 g/mol. The Kier molecular flexibility index (Phi) is 5.32. The van der Waals surface area contributed by atoms with Crippen molar-refractivity contribution in [3.05, 3.63) is 106 Å². The molecule has 5 heteroatoms. The average molecular weight is 444 g/mol. The number of ketones is 1. The van der Waals surface area contributed by atoms with E-state index in [1.54, 1.807) is 36.4 Å². The molecule has 160 valence electrons. The van der Waals surface area contributed by atoms with Crippen molar-refractivity contribution >= 4 is 34.7 Å². The van der Waals surface area contributed by atoms with Crippen LogP contribution in [0.4, 0.5) is 5.69 Å². The SMILES string of the molecule is O=C1C(=O)N(c2ccccc2)C(c2ccc(Cl)cc2)/C1=C(/O)c1ccc2c(c1)CCCC2. The van der Waals surface area contributed by atoms with Crippen LogP contribution in [0.3, 0.4) is 0 Å². The summed E-state index contributed by atoms with van der Waals surface area (Å²) in [5.74, 6) is -1.49. The summed E-state index contributed by atoms with van der Waals surface area (Å²) in [6.45, 7) is 0. The van der Waals surface area contributed by atoms with E-state index in [9.17, 15) is 14.7 Å². The Morgan fingerprint density at radius 2 is 1.56 bits per heavy atom. The number of aliphatic hydroxyl groups is 1. The van der Waals surface area contributed by atoms with E-state index in [0.717, 1.165) is 25.7 Å². The number of hydrogen-bond donors (Lipinski definition) is 1. The second kappa shape index (κ2) is 8.29. The summed E-state index contributed by atoms with van der Waals surface area (Å²) in [6.07, 6.45) is 4.26. The van der Waals surface area contributed by atoms with Crippen LogP contribution in [0, 0.1) is 0 Å². The Labute approximate surface area is 191 Å². The molecule has 4 nitrogen and oxygen atoms in total. The van der Waals surface area contributed by atoms with E-state index in [2.05, 4.69) is 0 Å². The third-order valence-electron chi connectivity index (χ3n) is 6.29. The molecule has 0 spiro atoms. The van der Waals surface area contributed by atoms with Gasteiger partial charge in [-0.05, 0) is 72.7 Å². The predicted molar refractivity (Wildman–Crippen MR) is 126 cm³/mol. The van der Waals surface area contributed by atoms with Crippen LogP contribution >= 0.6 is 11.6 Å². The largest absolute Gasteiger partial charge is 0.507 e. The first kappa shape index (κ1) is 20.5. The van der Waals surface area contributed by atoms with Crippen LogP contribution in [-0.2, 0) is 22.4 Å². The van der Waals surface area contributed by atoms with Crippen LogP contribution in [0.15, 0.2) is 78.4 Å². The number of Topliss-reactive ketones (excluding diaryl/α,β-unsaturated/α-hetero) is 1. The van der Waals surface area contributed by atoms with Gasteiger partial charge >= 0.3 is 0 Å². The number of carbonyl (C=O) groups is 2. The third kappa shape index (κ3) is 3.51. The summed E-state index contributed by atoms with van der Waals surface area (Å²) in [4.78, 5) is 27.8. The highest BCUT2D eigenvalue weighted by Crippen LogP contribution is 2.42. The van der Waals surface area contributed by atoms with Gasteiger partial charge in [0.2, 0.25) is 0 Å². The molecule has 2 aliphatic rings. The van der Waals surface area contributed by atoms with Crippen LogP contribution in [0.2, 0.25) is 5.02 Å². The smallest absolute Gasteiger partial charge is 0.300 e. The lowest BCUT2D eigenvalue weighted by molar-refractivity contribution is -0.132. The molecule has 0 saturated carbocycles. The van der Waals surface area contributed by atoms with Crippen molar-refractivity contribution < 1.29 is 14.7 Å². The van der Waals surface area contributed by atoms with Crippen molar-refractivity contribution in [2.24, 2.45) is 0 Å². The van der Waals surface area contributed by atoms with E-state index in [-0.39, 0.29) is 11.3 Å². The second-order valence-electron chi connectivity index (χ2n) is 8.25. The van der Waals surface area contributed by atoms with Gasteiger partial charge in [0.1, 0.15) is 5.76 Å². The molecule has 3 aromatic rings. The molecule has 1 N–H and O–H groups in total. The summed E-state index contributed by atoms with van der Waals surface area (Å²) in [5, 5.41) is 11.9. The Morgan fingerprint density at radius 3 is 2.28 bits per heavy atom. The molecule has 3 aromatic carbocycles. The molecule has 5 rings (SSSR count). The van der Waals surface area contributed by atoms with Crippen LogP contribution in [0.1, 0.15) is 41.1 Å². The zero-order valence-electron chi connectivity index (χ0n) is 17.4. The van der Waals surface area contributed by atoms with E-state index >= 15 is 0 Å². The molecular formula is C27H22ClNO3. The highest BCUT2D eigenvalue weighted by Gasteiger charge is 2.46. The van der Waals surface area contributed by atoms with Crippen molar-refractivity contribution in [2.45, 2.75) is 31.7 Å². The van der Waals surface area contributed by atoms with Crippen molar-refractivity contribution in [3.63, 3.8) is 0 Å². The first-order valence-corrected chi connectivity index (χ1v) is 11.2. The fourth-order valence-corrected chi connectivity index (χ4v) is 4.81. The highest BCUT2D eigenvalue weighted by molar-refractivity contribution is 6.51. The summed E-state index contributed by atoms with van der Waals surface area (Å²) in [5.41, 5.74) is 4.44. The van der Waals surface area contributed by atoms with E-state index < -0.39 is 17.7 Å². The number of aryl methyl sites for hydroxylation is 2. The van der Waals surface area contributed by atoms with Gasteiger partial charge in [0.05, 0.1) is 11.6 Å². The van der Waals surface area contributed by atoms with E-state index in [1.807, 2.05) is 36.4 Å².